The van der Waals surface area contributed by atoms with Crippen LogP contribution in [0.2, 0.25) is 0 Å². The van der Waals surface area contributed by atoms with Gasteiger partial charge in [-0.3, -0.25) is 9.59 Å². The Kier molecular flexibility index (Phi) is 29.4. The average Bonchev–Trinajstić information content (AvgIpc) is 3.02. The molecule has 7 heteroatoms. The van der Waals surface area contributed by atoms with Gasteiger partial charge in [0.1, 0.15) is 12.4 Å². The van der Waals surface area contributed by atoms with E-state index in [0.29, 0.717) is 37.2 Å². The summed E-state index contributed by atoms with van der Waals surface area (Å²) in [4.78, 5) is 40.5. The van der Waals surface area contributed by atoms with Crippen LogP contribution in [-0.2, 0) is 23.9 Å². The molecule has 0 aliphatic rings. The zero-order valence-corrected chi connectivity index (χ0v) is 31.3. The zero-order valence-electron chi connectivity index (χ0n) is 31.3. The minimum atomic E-state index is -0.102. The number of hydrogen-bond donors (Lipinski definition) is 0. The smallest absolute Gasteiger partial charge is 0.320 e. The minimum Gasteiger partial charge on any atom is -0.466 e. The quantitative estimate of drug-likeness (QED) is 0.0405. The van der Waals surface area contributed by atoms with E-state index in [4.69, 9.17) is 16.0 Å². The van der Waals surface area contributed by atoms with Crippen LogP contribution in [0.25, 0.3) is 4.85 Å². The first-order chi connectivity index (χ1) is 22.6. The lowest BCUT2D eigenvalue weighted by molar-refractivity contribution is -0.150. The molecule has 0 saturated heterocycles. The van der Waals surface area contributed by atoms with Gasteiger partial charge in [-0.15, -0.1) is 0 Å². The molecule has 0 aromatic heterocycles. The Bertz CT molecular complexity index is 845. The average molecular weight is 662 g/mol. The third kappa shape index (κ3) is 33.3. The second-order valence-corrected chi connectivity index (χ2v) is 14.9. The molecular weight excluding hydrogens is 588 g/mol. The van der Waals surface area contributed by atoms with Gasteiger partial charge in [0.25, 0.3) is 6.57 Å². The molecule has 0 aliphatic carbocycles. The summed E-state index contributed by atoms with van der Waals surface area (Å²) < 4.78 is 11.4. The van der Waals surface area contributed by atoms with Crippen molar-refractivity contribution in [3.05, 3.63) is 17.2 Å². The van der Waals surface area contributed by atoms with Gasteiger partial charge in [0.05, 0.1) is 12.8 Å². The second kappa shape index (κ2) is 30.9. The van der Waals surface area contributed by atoms with Gasteiger partial charge in [-0.25, -0.2) is 0 Å². The summed E-state index contributed by atoms with van der Waals surface area (Å²) in [5, 5.41) is 0. The molecule has 47 heavy (non-hydrogen) atoms. The first-order valence-corrected chi connectivity index (χ1v) is 19.1. The fraction of sp³-hybridized carbons (Fsp3) is 0.850. The van der Waals surface area contributed by atoms with Crippen LogP contribution in [-0.4, -0.2) is 49.4 Å². The van der Waals surface area contributed by atoms with Gasteiger partial charge in [0.15, 0.2) is 0 Å². The Labute approximate surface area is 289 Å². The molecule has 0 amide bonds. The summed E-state index contributed by atoms with van der Waals surface area (Å²) in [6.07, 6.45) is 28.8. The Balaban J connectivity index is 4.12. The number of hydrogen-bond acceptors (Lipinski definition) is 6. The van der Waals surface area contributed by atoms with Crippen molar-refractivity contribution in [2.24, 2.45) is 11.3 Å². The lowest BCUT2D eigenvalue weighted by Gasteiger charge is -2.20. The van der Waals surface area contributed by atoms with E-state index in [1.165, 1.54) is 51.1 Å². The molecule has 0 aromatic carbocycles. The molecule has 0 rings (SSSR count). The molecule has 2 unspecified atom stereocenters. The SMILES string of the molecule is C#[N+]/C=C\N(C)CCCC(=O)OC(CCCCCCCCCC=O)CCCCCCCCCC(=O)OCCCC(C)CCC(C)(C)C. The standard InChI is InChI=1S/C40H73N2O5/c1-36(29-30-40(2,3)4)24-23-35-46-38(44)27-20-16-12-9-11-15-19-26-37(25-18-14-10-7-8-13-17-21-34-43)47-39(45)28-22-32-42(6)33-31-41-5/h5,31,33-34,36-37H,7-30,32,35H2,1-4,6H3/q+1/b33-31-. The normalized spacial score (nSPS) is 12.9. The lowest BCUT2D eigenvalue weighted by atomic mass is 9.86. The molecule has 0 heterocycles. The van der Waals surface area contributed by atoms with Crippen LogP contribution in [0.4, 0.5) is 0 Å². The zero-order chi connectivity index (χ0) is 35.0. The van der Waals surface area contributed by atoms with Gasteiger partial charge in [-0.05, 0) is 80.4 Å². The van der Waals surface area contributed by atoms with E-state index in [0.717, 1.165) is 103 Å². The topological polar surface area (TPSA) is 77.3 Å². The Morgan fingerprint density at radius 3 is 1.87 bits per heavy atom. The summed E-state index contributed by atoms with van der Waals surface area (Å²) in [6.45, 7) is 15.6. The molecular formula is C40H73N2O5+. The predicted octanol–water partition coefficient (Wildman–Crippen LogP) is 11.1. The highest BCUT2D eigenvalue weighted by Crippen LogP contribution is 2.25. The largest absolute Gasteiger partial charge is 0.466 e. The van der Waals surface area contributed by atoms with Crippen molar-refractivity contribution >= 4 is 18.2 Å². The number of carbonyl (C=O) groups is 3. The van der Waals surface area contributed by atoms with E-state index in [1.807, 2.05) is 11.9 Å². The van der Waals surface area contributed by atoms with Crippen molar-refractivity contribution in [1.29, 1.82) is 0 Å². The van der Waals surface area contributed by atoms with Crippen molar-refractivity contribution in [3.8, 4) is 6.57 Å². The molecule has 0 spiro atoms. The van der Waals surface area contributed by atoms with E-state index in [1.54, 1.807) is 6.20 Å². The molecule has 0 aliphatic heterocycles. The van der Waals surface area contributed by atoms with Crippen molar-refractivity contribution < 1.29 is 23.9 Å². The minimum absolute atomic E-state index is 0.00136. The van der Waals surface area contributed by atoms with E-state index < -0.39 is 0 Å². The molecule has 0 saturated carbocycles. The monoisotopic (exact) mass is 662 g/mol. The molecule has 0 radical (unpaired) electrons. The summed E-state index contributed by atoms with van der Waals surface area (Å²) in [6, 6.07) is 0. The molecule has 272 valence electrons. The van der Waals surface area contributed by atoms with E-state index in [-0.39, 0.29) is 18.0 Å². The number of esters is 2. The number of carbonyl (C=O) groups excluding carboxylic acids is 3. The third-order valence-electron chi connectivity index (χ3n) is 8.84. The molecule has 7 nitrogen and oxygen atoms in total. The van der Waals surface area contributed by atoms with Crippen molar-refractivity contribution in [3.63, 3.8) is 0 Å². The van der Waals surface area contributed by atoms with Gasteiger partial charge in [-0.1, -0.05) is 98.3 Å². The second-order valence-electron chi connectivity index (χ2n) is 14.9. The van der Waals surface area contributed by atoms with Crippen LogP contribution in [0.15, 0.2) is 12.4 Å². The van der Waals surface area contributed by atoms with Crippen molar-refractivity contribution in [2.75, 3.05) is 20.2 Å². The first-order valence-electron chi connectivity index (χ1n) is 19.1. The van der Waals surface area contributed by atoms with Gasteiger partial charge in [-0.2, -0.15) is 0 Å². The Morgan fingerprint density at radius 1 is 0.745 bits per heavy atom. The van der Waals surface area contributed by atoms with Crippen LogP contribution < -0.4 is 0 Å². The molecule has 0 bridgehead atoms. The number of nitrogens with zero attached hydrogens (tertiary/aromatic N) is 2. The highest BCUT2D eigenvalue weighted by molar-refractivity contribution is 5.69. The van der Waals surface area contributed by atoms with Crippen molar-refractivity contribution in [2.45, 2.75) is 188 Å². The van der Waals surface area contributed by atoms with Gasteiger partial charge in [0.2, 0.25) is 0 Å². The summed E-state index contributed by atoms with van der Waals surface area (Å²) >= 11 is 0. The highest BCUT2D eigenvalue weighted by Gasteiger charge is 2.15. The predicted molar refractivity (Wildman–Crippen MR) is 196 cm³/mol. The van der Waals surface area contributed by atoms with Crippen molar-refractivity contribution in [1.82, 2.24) is 4.90 Å². The van der Waals surface area contributed by atoms with Gasteiger partial charge in [0, 0.05) is 32.9 Å². The maximum absolute atomic E-state index is 12.6. The van der Waals surface area contributed by atoms with Crippen LogP contribution in [0.3, 0.4) is 0 Å². The molecule has 0 aromatic rings. The van der Waals surface area contributed by atoms with Crippen LogP contribution >= 0.6 is 0 Å². The Morgan fingerprint density at radius 2 is 1.30 bits per heavy atom. The fourth-order valence-corrected chi connectivity index (χ4v) is 5.73. The van der Waals surface area contributed by atoms with E-state index >= 15 is 0 Å². The Hall–Kier alpha value is -2.36. The number of aldehydes is 1. The first kappa shape index (κ1) is 44.6. The lowest BCUT2D eigenvalue weighted by Crippen LogP contribution is -2.20. The van der Waals surface area contributed by atoms with Crippen LogP contribution in [0.5, 0.6) is 0 Å². The van der Waals surface area contributed by atoms with E-state index in [2.05, 4.69) is 32.5 Å². The number of ether oxygens (including phenoxy) is 2. The van der Waals surface area contributed by atoms with E-state index in [9.17, 15) is 14.4 Å². The molecule has 0 N–H and O–H groups in total. The fourth-order valence-electron chi connectivity index (χ4n) is 5.73. The van der Waals surface area contributed by atoms with Gasteiger partial charge >= 0.3 is 18.1 Å². The summed E-state index contributed by atoms with van der Waals surface area (Å²) in [5.41, 5.74) is 0.388. The maximum Gasteiger partial charge on any atom is 0.320 e. The third-order valence-corrected chi connectivity index (χ3v) is 8.84. The summed E-state index contributed by atoms with van der Waals surface area (Å²) in [7, 11) is 1.94. The van der Waals surface area contributed by atoms with Gasteiger partial charge < -0.3 is 19.2 Å². The number of rotatable bonds is 32. The number of unbranched alkanes of at least 4 members (excludes halogenated alkanes) is 13. The van der Waals surface area contributed by atoms with Crippen LogP contribution in [0, 0.1) is 17.9 Å². The summed E-state index contributed by atoms with van der Waals surface area (Å²) in [5.74, 6) is 0.536. The molecule has 0 fully saturated rings. The molecule has 2 atom stereocenters. The highest BCUT2D eigenvalue weighted by atomic mass is 16.5. The maximum atomic E-state index is 12.6. The van der Waals surface area contributed by atoms with Crippen LogP contribution in [0.1, 0.15) is 182 Å².